The van der Waals surface area contributed by atoms with Gasteiger partial charge in [-0.15, -0.1) is 0 Å². The Hall–Kier alpha value is -1.09. The smallest absolute Gasteiger partial charge is 0.122 e. The molecule has 82 valence electrons. The fourth-order valence-electron chi connectivity index (χ4n) is 1.89. The zero-order valence-corrected chi connectivity index (χ0v) is 9.20. The minimum absolute atomic E-state index is 0.659. The van der Waals surface area contributed by atoms with Crippen LogP contribution in [0.2, 0.25) is 0 Å². The molecule has 0 amide bonds. The Morgan fingerprint density at radius 2 is 2.53 bits per heavy atom. The van der Waals surface area contributed by atoms with Gasteiger partial charge in [-0.3, -0.25) is 4.98 Å². The monoisotopic (exact) mass is 206 g/mol. The molecule has 15 heavy (non-hydrogen) atoms. The molecule has 1 unspecified atom stereocenters. The van der Waals surface area contributed by atoms with E-state index in [1.54, 1.807) is 6.20 Å². The molecule has 2 rings (SSSR count). The van der Waals surface area contributed by atoms with Gasteiger partial charge in [0.25, 0.3) is 0 Å². The van der Waals surface area contributed by atoms with Crippen molar-refractivity contribution in [2.24, 2.45) is 5.92 Å². The highest BCUT2D eigenvalue weighted by atomic mass is 16.5. The predicted molar refractivity (Wildman–Crippen MR) is 60.1 cm³/mol. The summed E-state index contributed by atoms with van der Waals surface area (Å²) in [6, 6.07) is 3.90. The van der Waals surface area contributed by atoms with Crippen molar-refractivity contribution in [3.63, 3.8) is 0 Å². The van der Waals surface area contributed by atoms with Crippen molar-refractivity contribution in [2.45, 2.75) is 19.8 Å². The molecule has 1 aromatic rings. The average Bonchev–Trinajstić information content (AvgIpc) is 2.28. The molecule has 0 saturated carbocycles. The van der Waals surface area contributed by atoms with Crippen LogP contribution in [0.4, 0.5) is 0 Å². The summed E-state index contributed by atoms with van der Waals surface area (Å²) in [6.45, 7) is 5.04. The number of pyridine rings is 1. The molecular formula is C12H18N2O. The number of nitrogens with one attached hydrogen (secondary N) is 1. The van der Waals surface area contributed by atoms with Gasteiger partial charge in [0.1, 0.15) is 5.75 Å². The van der Waals surface area contributed by atoms with E-state index in [-0.39, 0.29) is 0 Å². The predicted octanol–water partition coefficient (Wildman–Crippen LogP) is 1.77. The Labute approximate surface area is 90.9 Å². The third-order valence-corrected chi connectivity index (χ3v) is 2.75. The van der Waals surface area contributed by atoms with Crippen LogP contribution in [0.1, 0.15) is 18.5 Å². The second-order valence-electron chi connectivity index (χ2n) is 4.16. The van der Waals surface area contributed by atoms with E-state index in [1.165, 1.54) is 12.8 Å². The van der Waals surface area contributed by atoms with E-state index in [9.17, 15) is 0 Å². The van der Waals surface area contributed by atoms with Gasteiger partial charge < -0.3 is 10.1 Å². The van der Waals surface area contributed by atoms with Crippen molar-refractivity contribution < 1.29 is 4.74 Å². The molecule has 0 aromatic carbocycles. The number of ether oxygens (including phenoxy) is 1. The SMILES string of the molecule is Cc1cc(OCC2CCCNC2)ccn1. The summed E-state index contributed by atoms with van der Waals surface area (Å²) in [5.41, 5.74) is 1.01. The molecule has 0 aliphatic carbocycles. The van der Waals surface area contributed by atoms with Crippen LogP contribution in [-0.2, 0) is 0 Å². The molecule has 3 nitrogen and oxygen atoms in total. The van der Waals surface area contributed by atoms with E-state index in [0.717, 1.165) is 31.1 Å². The van der Waals surface area contributed by atoms with E-state index in [1.807, 2.05) is 19.1 Å². The summed E-state index contributed by atoms with van der Waals surface area (Å²) in [4.78, 5) is 4.14. The van der Waals surface area contributed by atoms with Gasteiger partial charge in [-0.2, -0.15) is 0 Å². The number of hydrogen-bond acceptors (Lipinski definition) is 3. The molecule has 1 fully saturated rings. The van der Waals surface area contributed by atoms with Crippen molar-refractivity contribution in [1.82, 2.24) is 10.3 Å². The molecule has 0 bridgehead atoms. The van der Waals surface area contributed by atoms with Crippen LogP contribution in [0.5, 0.6) is 5.75 Å². The Kier molecular flexibility index (Phi) is 3.56. The topological polar surface area (TPSA) is 34.1 Å². The third-order valence-electron chi connectivity index (χ3n) is 2.75. The summed E-state index contributed by atoms with van der Waals surface area (Å²) in [6.07, 6.45) is 4.34. The van der Waals surface area contributed by atoms with Gasteiger partial charge in [0, 0.05) is 30.4 Å². The highest BCUT2D eigenvalue weighted by Gasteiger charge is 2.13. The molecule has 1 aliphatic heterocycles. The Balaban J connectivity index is 1.81. The van der Waals surface area contributed by atoms with E-state index in [4.69, 9.17) is 4.74 Å². The highest BCUT2D eigenvalue weighted by Crippen LogP contribution is 2.14. The van der Waals surface area contributed by atoms with Crippen molar-refractivity contribution in [2.75, 3.05) is 19.7 Å². The lowest BCUT2D eigenvalue weighted by molar-refractivity contribution is 0.218. The summed E-state index contributed by atoms with van der Waals surface area (Å²) in [7, 11) is 0. The molecule has 3 heteroatoms. The lowest BCUT2D eigenvalue weighted by Gasteiger charge is -2.22. The maximum Gasteiger partial charge on any atom is 0.122 e. The van der Waals surface area contributed by atoms with Crippen LogP contribution in [0.25, 0.3) is 0 Å². The summed E-state index contributed by atoms with van der Waals surface area (Å²) in [5, 5.41) is 3.39. The van der Waals surface area contributed by atoms with Gasteiger partial charge in [-0.25, -0.2) is 0 Å². The number of piperidine rings is 1. The average molecular weight is 206 g/mol. The van der Waals surface area contributed by atoms with Crippen LogP contribution in [0.3, 0.4) is 0 Å². The molecule has 1 aliphatic rings. The van der Waals surface area contributed by atoms with E-state index >= 15 is 0 Å². The lowest BCUT2D eigenvalue weighted by atomic mass is 10.0. The van der Waals surface area contributed by atoms with Crippen LogP contribution in [0.15, 0.2) is 18.3 Å². The Morgan fingerprint density at radius 3 is 3.27 bits per heavy atom. The number of aryl methyl sites for hydroxylation is 1. The summed E-state index contributed by atoms with van der Waals surface area (Å²) in [5.74, 6) is 1.60. The first kappa shape index (κ1) is 10.4. The largest absolute Gasteiger partial charge is 0.493 e. The summed E-state index contributed by atoms with van der Waals surface area (Å²) >= 11 is 0. The van der Waals surface area contributed by atoms with Crippen LogP contribution < -0.4 is 10.1 Å². The lowest BCUT2D eigenvalue weighted by Crippen LogP contribution is -2.33. The van der Waals surface area contributed by atoms with Crippen molar-refractivity contribution >= 4 is 0 Å². The first-order valence-corrected chi connectivity index (χ1v) is 5.61. The molecule has 0 radical (unpaired) electrons. The molecule has 0 spiro atoms. The zero-order valence-electron chi connectivity index (χ0n) is 9.20. The van der Waals surface area contributed by atoms with Gasteiger partial charge in [-0.05, 0) is 32.4 Å². The van der Waals surface area contributed by atoms with Crippen LogP contribution in [-0.4, -0.2) is 24.7 Å². The summed E-state index contributed by atoms with van der Waals surface area (Å²) < 4.78 is 5.75. The minimum atomic E-state index is 0.659. The number of aromatic nitrogens is 1. The number of hydrogen-bond donors (Lipinski definition) is 1. The van der Waals surface area contributed by atoms with Crippen LogP contribution >= 0.6 is 0 Å². The first-order chi connectivity index (χ1) is 7.34. The molecule has 1 saturated heterocycles. The fraction of sp³-hybridized carbons (Fsp3) is 0.583. The second kappa shape index (κ2) is 5.12. The van der Waals surface area contributed by atoms with Crippen molar-refractivity contribution in [1.29, 1.82) is 0 Å². The fourth-order valence-corrected chi connectivity index (χ4v) is 1.89. The number of rotatable bonds is 3. The standard InChI is InChI=1S/C12H18N2O/c1-10-7-12(4-6-14-10)15-9-11-3-2-5-13-8-11/h4,6-7,11,13H,2-3,5,8-9H2,1H3. The van der Waals surface area contributed by atoms with Crippen molar-refractivity contribution in [3.05, 3.63) is 24.0 Å². The molecule has 1 N–H and O–H groups in total. The molecule has 2 heterocycles. The van der Waals surface area contributed by atoms with Gasteiger partial charge in [0.15, 0.2) is 0 Å². The van der Waals surface area contributed by atoms with E-state index in [0.29, 0.717) is 5.92 Å². The highest BCUT2D eigenvalue weighted by molar-refractivity contribution is 5.21. The van der Waals surface area contributed by atoms with Gasteiger partial charge >= 0.3 is 0 Å². The molecular weight excluding hydrogens is 188 g/mol. The zero-order chi connectivity index (χ0) is 10.5. The maximum atomic E-state index is 5.75. The maximum absolute atomic E-state index is 5.75. The van der Waals surface area contributed by atoms with Crippen LogP contribution in [0, 0.1) is 12.8 Å². The van der Waals surface area contributed by atoms with E-state index < -0.39 is 0 Å². The quantitative estimate of drug-likeness (QED) is 0.818. The Bertz CT molecular complexity index is 308. The third kappa shape index (κ3) is 3.20. The molecule has 1 atom stereocenters. The molecule has 1 aromatic heterocycles. The van der Waals surface area contributed by atoms with E-state index in [2.05, 4.69) is 10.3 Å². The van der Waals surface area contributed by atoms with Crippen molar-refractivity contribution in [3.8, 4) is 5.75 Å². The van der Waals surface area contributed by atoms with Gasteiger partial charge in [0.2, 0.25) is 0 Å². The second-order valence-corrected chi connectivity index (χ2v) is 4.16. The minimum Gasteiger partial charge on any atom is -0.493 e. The Morgan fingerprint density at radius 1 is 1.60 bits per heavy atom. The van der Waals surface area contributed by atoms with Gasteiger partial charge in [-0.1, -0.05) is 0 Å². The normalized spacial score (nSPS) is 21.3. The van der Waals surface area contributed by atoms with Gasteiger partial charge in [0.05, 0.1) is 6.61 Å². The first-order valence-electron chi connectivity index (χ1n) is 5.61. The number of nitrogens with zero attached hydrogens (tertiary/aromatic N) is 1.